The monoisotopic (exact) mass is 560 g/mol. The van der Waals surface area contributed by atoms with Crippen LogP contribution in [0.1, 0.15) is 30.4 Å². The molecule has 1 aliphatic rings. The van der Waals surface area contributed by atoms with Crippen molar-refractivity contribution in [3.8, 4) is 40.0 Å². The Morgan fingerprint density at radius 1 is 1.07 bits per heavy atom. The van der Waals surface area contributed by atoms with Crippen LogP contribution in [-0.4, -0.2) is 26.3 Å². The van der Waals surface area contributed by atoms with Gasteiger partial charge in [-0.25, -0.2) is 9.37 Å². The highest BCUT2D eigenvalue weighted by atomic mass is 19.4. The molecule has 7 nitrogen and oxygen atoms in total. The molecule has 0 bridgehead atoms. The number of nitrogens with zero attached hydrogens (tertiary/aromatic N) is 5. The van der Waals surface area contributed by atoms with Gasteiger partial charge < -0.3 is 14.3 Å². The smallest absolute Gasteiger partial charge is 0.420 e. The highest BCUT2D eigenvalue weighted by Crippen LogP contribution is 2.41. The highest BCUT2D eigenvalue weighted by molar-refractivity contribution is 5.84. The molecule has 6 rings (SSSR count). The Hall–Kier alpha value is -4.56. The van der Waals surface area contributed by atoms with E-state index in [0.717, 1.165) is 25.3 Å². The van der Waals surface area contributed by atoms with E-state index in [2.05, 4.69) is 26.6 Å². The standard InChI is InChI=1S/C30H24F4N6O/c1-40-17-37-39-27(40)23-13-21(31)6-7-22(23)19-4-2-5-20(12-19)28-38-25-11-18(10-24(26(25)41-28)30(32,33)34)14-36-16-29(15-35)8-3-9-29/h2,4-7,10-13,17,36H,3,8-9,14,16H2,1H3. The summed E-state index contributed by atoms with van der Waals surface area (Å²) in [5.74, 6) is 0.0423. The van der Waals surface area contributed by atoms with Crippen molar-refractivity contribution in [2.45, 2.75) is 32.0 Å². The fourth-order valence-electron chi connectivity index (χ4n) is 5.20. The maximum absolute atomic E-state index is 14.2. The lowest BCUT2D eigenvalue weighted by Gasteiger charge is -2.35. The number of nitrogens with one attached hydrogen (secondary N) is 1. The molecule has 1 aliphatic carbocycles. The molecule has 0 radical (unpaired) electrons. The first-order valence-corrected chi connectivity index (χ1v) is 13.0. The van der Waals surface area contributed by atoms with Gasteiger partial charge in [-0.2, -0.15) is 18.4 Å². The van der Waals surface area contributed by atoms with Gasteiger partial charge in [0.2, 0.25) is 5.89 Å². The van der Waals surface area contributed by atoms with Crippen molar-refractivity contribution < 1.29 is 22.0 Å². The quantitative estimate of drug-likeness (QED) is 0.218. The third-order valence-electron chi connectivity index (χ3n) is 7.55. The number of benzene rings is 3. The van der Waals surface area contributed by atoms with Gasteiger partial charge in [-0.05, 0) is 65.9 Å². The van der Waals surface area contributed by atoms with Crippen LogP contribution in [-0.2, 0) is 19.8 Å². The van der Waals surface area contributed by atoms with Crippen molar-refractivity contribution in [2.24, 2.45) is 12.5 Å². The summed E-state index contributed by atoms with van der Waals surface area (Å²) in [6.07, 6.45) is -0.602. The molecule has 1 N–H and O–H groups in total. The Balaban J connectivity index is 1.36. The number of hydrogen-bond acceptors (Lipinski definition) is 6. The maximum Gasteiger partial charge on any atom is 0.420 e. The minimum Gasteiger partial charge on any atom is -0.435 e. The molecular formula is C30H24F4N6O. The van der Waals surface area contributed by atoms with Crippen LogP contribution in [0, 0.1) is 22.6 Å². The maximum atomic E-state index is 14.2. The lowest BCUT2D eigenvalue weighted by atomic mass is 9.70. The molecule has 0 amide bonds. The largest absolute Gasteiger partial charge is 0.435 e. The molecule has 3 aromatic carbocycles. The summed E-state index contributed by atoms with van der Waals surface area (Å²) in [7, 11) is 1.75. The first kappa shape index (κ1) is 26.7. The third-order valence-corrected chi connectivity index (χ3v) is 7.55. The molecule has 41 heavy (non-hydrogen) atoms. The molecule has 2 heterocycles. The van der Waals surface area contributed by atoms with Crippen LogP contribution < -0.4 is 5.32 Å². The number of alkyl halides is 3. The summed E-state index contributed by atoms with van der Waals surface area (Å²) in [5, 5.41) is 20.6. The minimum absolute atomic E-state index is 0.0256. The summed E-state index contributed by atoms with van der Waals surface area (Å²) in [6, 6.07) is 16.2. The molecular weight excluding hydrogens is 536 g/mol. The molecule has 0 unspecified atom stereocenters. The molecule has 208 valence electrons. The Morgan fingerprint density at radius 2 is 1.88 bits per heavy atom. The Labute approximate surface area is 232 Å². The van der Waals surface area contributed by atoms with E-state index in [1.807, 2.05) is 0 Å². The second kappa shape index (κ2) is 10.1. The zero-order chi connectivity index (χ0) is 28.8. The number of fused-ring (bicyclic) bond motifs is 1. The lowest BCUT2D eigenvalue weighted by Crippen LogP contribution is -2.38. The number of hydrogen-bond donors (Lipinski definition) is 1. The fourth-order valence-corrected chi connectivity index (χ4v) is 5.20. The fraction of sp³-hybridized carbons (Fsp3) is 0.267. The van der Waals surface area contributed by atoms with Crippen LogP contribution in [0.5, 0.6) is 0 Å². The molecule has 0 spiro atoms. The summed E-state index contributed by atoms with van der Waals surface area (Å²) in [4.78, 5) is 4.42. The van der Waals surface area contributed by atoms with Crippen molar-refractivity contribution in [3.63, 3.8) is 0 Å². The van der Waals surface area contributed by atoms with Gasteiger partial charge in [-0.3, -0.25) is 0 Å². The van der Waals surface area contributed by atoms with Gasteiger partial charge in [-0.15, -0.1) is 10.2 Å². The molecule has 1 fully saturated rings. The van der Waals surface area contributed by atoms with E-state index in [9.17, 15) is 22.8 Å². The number of rotatable bonds is 7. The van der Waals surface area contributed by atoms with E-state index < -0.39 is 23.0 Å². The topological polar surface area (TPSA) is 92.6 Å². The van der Waals surface area contributed by atoms with Crippen molar-refractivity contribution in [1.82, 2.24) is 25.1 Å². The van der Waals surface area contributed by atoms with E-state index in [0.29, 0.717) is 40.2 Å². The van der Waals surface area contributed by atoms with Crippen molar-refractivity contribution in [3.05, 3.63) is 77.9 Å². The van der Waals surface area contributed by atoms with Crippen LogP contribution in [0.3, 0.4) is 0 Å². The molecule has 0 saturated heterocycles. The predicted molar refractivity (Wildman–Crippen MR) is 143 cm³/mol. The molecule has 5 aromatic rings. The second-order valence-corrected chi connectivity index (χ2v) is 10.4. The van der Waals surface area contributed by atoms with E-state index in [4.69, 9.17) is 4.42 Å². The number of oxazole rings is 1. The molecule has 0 aliphatic heterocycles. The summed E-state index contributed by atoms with van der Waals surface area (Å²) < 4.78 is 63.8. The van der Waals surface area contributed by atoms with Gasteiger partial charge in [0.15, 0.2) is 11.4 Å². The van der Waals surface area contributed by atoms with Crippen molar-refractivity contribution in [2.75, 3.05) is 6.54 Å². The van der Waals surface area contributed by atoms with E-state index in [-0.39, 0.29) is 23.5 Å². The SMILES string of the molecule is Cn1cnnc1-c1cc(F)ccc1-c1cccc(-c2nc3cc(CNCC4(C#N)CCC4)cc(C(F)(F)F)c3o2)c1. The summed E-state index contributed by atoms with van der Waals surface area (Å²) in [5.41, 5.74) is 1.07. The van der Waals surface area contributed by atoms with Gasteiger partial charge in [0.05, 0.1) is 11.5 Å². The van der Waals surface area contributed by atoms with E-state index in [1.54, 1.807) is 48.0 Å². The minimum atomic E-state index is -4.66. The van der Waals surface area contributed by atoms with Crippen LogP contribution in [0.15, 0.2) is 65.3 Å². The van der Waals surface area contributed by atoms with Crippen LogP contribution in [0.25, 0.3) is 45.1 Å². The number of aromatic nitrogens is 4. The molecule has 1 saturated carbocycles. The summed E-state index contributed by atoms with van der Waals surface area (Å²) >= 11 is 0. The Kier molecular flexibility index (Phi) is 6.58. The zero-order valence-electron chi connectivity index (χ0n) is 22.0. The van der Waals surface area contributed by atoms with Crippen molar-refractivity contribution >= 4 is 11.1 Å². The molecule has 11 heteroatoms. The first-order valence-electron chi connectivity index (χ1n) is 13.0. The van der Waals surface area contributed by atoms with Gasteiger partial charge in [0, 0.05) is 31.3 Å². The Bertz CT molecular complexity index is 1800. The van der Waals surface area contributed by atoms with Gasteiger partial charge >= 0.3 is 6.18 Å². The molecule has 0 atom stereocenters. The van der Waals surface area contributed by atoms with Crippen molar-refractivity contribution in [1.29, 1.82) is 5.26 Å². The number of aryl methyl sites for hydroxylation is 1. The van der Waals surface area contributed by atoms with Crippen LogP contribution in [0.4, 0.5) is 17.6 Å². The predicted octanol–water partition coefficient (Wildman–Crippen LogP) is 6.90. The number of nitriles is 1. The average Bonchev–Trinajstić information content (AvgIpc) is 3.55. The Morgan fingerprint density at radius 3 is 2.56 bits per heavy atom. The van der Waals surface area contributed by atoms with Gasteiger partial charge in [0.25, 0.3) is 0 Å². The van der Waals surface area contributed by atoms with E-state index >= 15 is 0 Å². The number of halogens is 4. The average molecular weight is 561 g/mol. The van der Waals surface area contributed by atoms with Gasteiger partial charge in [-0.1, -0.05) is 24.6 Å². The zero-order valence-corrected chi connectivity index (χ0v) is 22.0. The summed E-state index contributed by atoms with van der Waals surface area (Å²) in [6.45, 7) is 0.578. The third kappa shape index (κ3) is 5.07. The lowest BCUT2D eigenvalue weighted by molar-refractivity contribution is -0.136. The van der Waals surface area contributed by atoms with Crippen LogP contribution in [0.2, 0.25) is 0 Å². The van der Waals surface area contributed by atoms with Gasteiger partial charge in [0.1, 0.15) is 23.2 Å². The molecule has 2 aromatic heterocycles. The van der Waals surface area contributed by atoms with E-state index in [1.165, 1.54) is 18.5 Å². The van der Waals surface area contributed by atoms with Crippen LogP contribution >= 0.6 is 0 Å². The second-order valence-electron chi connectivity index (χ2n) is 10.4. The highest BCUT2D eigenvalue weighted by Gasteiger charge is 2.37. The first-order chi connectivity index (χ1) is 19.7. The normalized spacial score (nSPS) is 14.6.